The maximum absolute atomic E-state index is 11.8. The predicted molar refractivity (Wildman–Crippen MR) is 76.8 cm³/mol. The van der Waals surface area contributed by atoms with E-state index < -0.39 is 0 Å². The standard InChI is InChI=1S/C14H18BrNO2/c1-3-4-8-18-9-7-16-14(17)12-6-5-11(2)13(15)10-12/h3,5-6,10H,1,4,7-9H2,2H3,(H,16,17). The summed E-state index contributed by atoms with van der Waals surface area (Å²) in [6, 6.07) is 5.55. The number of aryl methyl sites for hydroxylation is 1. The summed E-state index contributed by atoms with van der Waals surface area (Å²) < 4.78 is 6.25. The molecule has 98 valence electrons. The van der Waals surface area contributed by atoms with Crippen molar-refractivity contribution in [1.82, 2.24) is 5.32 Å². The first-order valence-corrected chi connectivity index (χ1v) is 6.67. The summed E-state index contributed by atoms with van der Waals surface area (Å²) in [4.78, 5) is 11.8. The normalized spacial score (nSPS) is 10.1. The first-order chi connectivity index (χ1) is 8.65. The van der Waals surface area contributed by atoms with E-state index in [1.807, 2.05) is 31.2 Å². The Balaban J connectivity index is 2.32. The van der Waals surface area contributed by atoms with Gasteiger partial charge in [0.15, 0.2) is 0 Å². The molecule has 18 heavy (non-hydrogen) atoms. The third kappa shape index (κ3) is 5.02. The molecule has 1 N–H and O–H groups in total. The van der Waals surface area contributed by atoms with Crippen LogP contribution >= 0.6 is 15.9 Å². The van der Waals surface area contributed by atoms with Gasteiger partial charge >= 0.3 is 0 Å². The van der Waals surface area contributed by atoms with Crippen LogP contribution in [0.4, 0.5) is 0 Å². The molecule has 0 saturated carbocycles. The molecular weight excluding hydrogens is 294 g/mol. The van der Waals surface area contributed by atoms with Gasteiger partial charge in [-0.3, -0.25) is 4.79 Å². The molecule has 0 aliphatic rings. The van der Waals surface area contributed by atoms with Crippen LogP contribution in [0.1, 0.15) is 22.3 Å². The zero-order chi connectivity index (χ0) is 13.4. The molecule has 0 aromatic heterocycles. The van der Waals surface area contributed by atoms with Crippen molar-refractivity contribution in [3.8, 4) is 0 Å². The molecule has 1 amide bonds. The van der Waals surface area contributed by atoms with E-state index in [2.05, 4.69) is 27.8 Å². The SMILES string of the molecule is C=CCCOCCNC(=O)c1ccc(C)c(Br)c1. The van der Waals surface area contributed by atoms with Gasteiger partial charge in [-0.2, -0.15) is 0 Å². The van der Waals surface area contributed by atoms with Crippen LogP contribution < -0.4 is 5.32 Å². The first kappa shape index (κ1) is 14.9. The number of rotatable bonds is 7. The van der Waals surface area contributed by atoms with Crippen molar-refractivity contribution in [3.05, 3.63) is 46.5 Å². The maximum atomic E-state index is 11.8. The Bertz CT molecular complexity index is 418. The molecule has 0 atom stereocenters. The minimum atomic E-state index is -0.0805. The highest BCUT2D eigenvalue weighted by Gasteiger charge is 2.06. The molecule has 0 unspecified atom stereocenters. The van der Waals surface area contributed by atoms with Crippen LogP contribution in [0.3, 0.4) is 0 Å². The number of carbonyl (C=O) groups excluding carboxylic acids is 1. The molecule has 1 aromatic carbocycles. The minimum absolute atomic E-state index is 0.0805. The minimum Gasteiger partial charge on any atom is -0.379 e. The van der Waals surface area contributed by atoms with Crippen molar-refractivity contribution in [1.29, 1.82) is 0 Å². The number of ether oxygens (including phenoxy) is 1. The lowest BCUT2D eigenvalue weighted by Gasteiger charge is -2.07. The van der Waals surface area contributed by atoms with Crippen LogP contribution in [0.2, 0.25) is 0 Å². The van der Waals surface area contributed by atoms with E-state index in [0.29, 0.717) is 25.3 Å². The van der Waals surface area contributed by atoms with E-state index in [0.717, 1.165) is 16.5 Å². The van der Waals surface area contributed by atoms with Gasteiger partial charge in [-0.1, -0.05) is 28.1 Å². The fraction of sp³-hybridized carbons (Fsp3) is 0.357. The van der Waals surface area contributed by atoms with Gasteiger partial charge in [0, 0.05) is 16.6 Å². The van der Waals surface area contributed by atoms with E-state index in [1.165, 1.54) is 0 Å². The van der Waals surface area contributed by atoms with Gasteiger partial charge in [0.1, 0.15) is 0 Å². The van der Waals surface area contributed by atoms with Gasteiger partial charge in [0.2, 0.25) is 0 Å². The summed E-state index contributed by atoms with van der Waals surface area (Å²) in [5.41, 5.74) is 1.76. The Morgan fingerprint density at radius 2 is 2.28 bits per heavy atom. The number of nitrogens with one attached hydrogen (secondary N) is 1. The van der Waals surface area contributed by atoms with Gasteiger partial charge < -0.3 is 10.1 Å². The highest BCUT2D eigenvalue weighted by molar-refractivity contribution is 9.10. The Morgan fingerprint density at radius 3 is 2.94 bits per heavy atom. The number of halogens is 1. The van der Waals surface area contributed by atoms with Crippen LogP contribution in [0, 0.1) is 6.92 Å². The summed E-state index contributed by atoms with van der Waals surface area (Å²) in [5.74, 6) is -0.0805. The fourth-order valence-electron chi connectivity index (χ4n) is 1.34. The highest BCUT2D eigenvalue weighted by atomic mass is 79.9. The van der Waals surface area contributed by atoms with Crippen molar-refractivity contribution >= 4 is 21.8 Å². The van der Waals surface area contributed by atoms with E-state index in [1.54, 1.807) is 0 Å². The van der Waals surface area contributed by atoms with Crippen molar-refractivity contribution in [2.24, 2.45) is 0 Å². The smallest absolute Gasteiger partial charge is 0.251 e. The van der Waals surface area contributed by atoms with Crippen molar-refractivity contribution < 1.29 is 9.53 Å². The van der Waals surface area contributed by atoms with Gasteiger partial charge in [-0.05, 0) is 31.0 Å². The van der Waals surface area contributed by atoms with Crippen LogP contribution in [0.5, 0.6) is 0 Å². The molecule has 0 spiro atoms. The molecule has 0 radical (unpaired) electrons. The molecule has 0 heterocycles. The van der Waals surface area contributed by atoms with E-state index in [-0.39, 0.29) is 5.91 Å². The second kappa shape index (κ2) is 8.06. The average Bonchev–Trinajstić information content (AvgIpc) is 2.36. The number of hydrogen-bond acceptors (Lipinski definition) is 2. The molecule has 1 rings (SSSR count). The Hall–Kier alpha value is -1.13. The second-order valence-corrected chi connectivity index (χ2v) is 4.76. The lowest BCUT2D eigenvalue weighted by molar-refractivity contribution is 0.0918. The maximum Gasteiger partial charge on any atom is 0.251 e. The van der Waals surface area contributed by atoms with Gasteiger partial charge in [0.05, 0.1) is 13.2 Å². The van der Waals surface area contributed by atoms with E-state index in [4.69, 9.17) is 4.74 Å². The molecule has 3 nitrogen and oxygen atoms in total. The second-order valence-electron chi connectivity index (χ2n) is 3.91. The van der Waals surface area contributed by atoms with Crippen molar-refractivity contribution in [2.75, 3.05) is 19.8 Å². The van der Waals surface area contributed by atoms with Gasteiger partial charge in [-0.15, -0.1) is 6.58 Å². The summed E-state index contributed by atoms with van der Waals surface area (Å²) >= 11 is 3.41. The summed E-state index contributed by atoms with van der Waals surface area (Å²) in [5, 5.41) is 2.81. The van der Waals surface area contributed by atoms with Crippen molar-refractivity contribution in [2.45, 2.75) is 13.3 Å². The molecule has 0 fully saturated rings. The Morgan fingerprint density at radius 1 is 1.50 bits per heavy atom. The first-order valence-electron chi connectivity index (χ1n) is 5.88. The Labute approximate surface area is 116 Å². The molecule has 0 aliphatic carbocycles. The fourth-order valence-corrected chi connectivity index (χ4v) is 1.72. The molecule has 0 bridgehead atoms. The van der Waals surface area contributed by atoms with Crippen molar-refractivity contribution in [3.63, 3.8) is 0 Å². The molecule has 0 saturated heterocycles. The van der Waals surface area contributed by atoms with E-state index >= 15 is 0 Å². The molecular formula is C14H18BrNO2. The Kier molecular flexibility index (Phi) is 6.68. The lowest BCUT2D eigenvalue weighted by atomic mass is 10.1. The average molecular weight is 312 g/mol. The zero-order valence-electron chi connectivity index (χ0n) is 10.5. The summed E-state index contributed by atoms with van der Waals surface area (Å²) in [6.45, 7) is 7.28. The predicted octanol–water partition coefficient (Wildman–Crippen LogP) is 3.08. The monoisotopic (exact) mass is 311 g/mol. The number of amides is 1. The third-order valence-electron chi connectivity index (χ3n) is 2.43. The lowest BCUT2D eigenvalue weighted by Crippen LogP contribution is -2.27. The molecule has 4 heteroatoms. The summed E-state index contributed by atoms with van der Waals surface area (Å²) in [6.07, 6.45) is 2.64. The molecule has 0 aliphatic heterocycles. The van der Waals surface area contributed by atoms with Crippen LogP contribution in [0.15, 0.2) is 35.3 Å². The topological polar surface area (TPSA) is 38.3 Å². The largest absolute Gasteiger partial charge is 0.379 e. The number of benzene rings is 1. The van der Waals surface area contributed by atoms with Crippen LogP contribution in [-0.4, -0.2) is 25.7 Å². The number of carbonyl (C=O) groups is 1. The zero-order valence-corrected chi connectivity index (χ0v) is 12.1. The summed E-state index contributed by atoms with van der Waals surface area (Å²) in [7, 11) is 0. The molecule has 1 aromatic rings. The van der Waals surface area contributed by atoms with Crippen LogP contribution in [-0.2, 0) is 4.74 Å². The number of hydrogen-bond donors (Lipinski definition) is 1. The van der Waals surface area contributed by atoms with Gasteiger partial charge in [0.25, 0.3) is 5.91 Å². The van der Waals surface area contributed by atoms with Gasteiger partial charge in [-0.25, -0.2) is 0 Å². The quantitative estimate of drug-likeness (QED) is 0.621. The van der Waals surface area contributed by atoms with E-state index in [9.17, 15) is 4.79 Å². The van der Waals surface area contributed by atoms with Crippen LogP contribution in [0.25, 0.3) is 0 Å². The third-order valence-corrected chi connectivity index (χ3v) is 3.29. The highest BCUT2D eigenvalue weighted by Crippen LogP contribution is 2.17.